The molecule has 2 aromatic carbocycles. The van der Waals surface area contributed by atoms with Crippen LogP contribution in [0.3, 0.4) is 0 Å². The fourth-order valence-electron chi connectivity index (χ4n) is 3.51. The van der Waals surface area contributed by atoms with Crippen LogP contribution in [0.1, 0.15) is 10.4 Å². The summed E-state index contributed by atoms with van der Waals surface area (Å²) in [6.07, 6.45) is 0. The highest BCUT2D eigenvalue weighted by Crippen LogP contribution is 2.40. The molecule has 1 aliphatic carbocycles. The smallest absolute Gasteiger partial charge is 0.478 e. The van der Waals surface area contributed by atoms with Crippen molar-refractivity contribution in [3.63, 3.8) is 0 Å². The average Bonchev–Trinajstić information content (AvgIpc) is 2.70. The summed E-state index contributed by atoms with van der Waals surface area (Å²) in [7, 11) is 2.21. The minimum absolute atomic E-state index is 0.184. The molecule has 3 N–H and O–H groups in total. The van der Waals surface area contributed by atoms with Crippen LogP contribution in [0.2, 0.25) is 0 Å². The second-order valence-electron chi connectivity index (χ2n) is 7.03. The molecule has 0 saturated heterocycles. The van der Waals surface area contributed by atoms with Crippen molar-refractivity contribution in [3.05, 3.63) is 71.6 Å². The van der Waals surface area contributed by atoms with Crippen molar-refractivity contribution in [1.82, 2.24) is 4.58 Å². The highest BCUT2D eigenvalue weighted by Gasteiger charge is 2.22. The molecule has 0 amide bonds. The van der Waals surface area contributed by atoms with Crippen molar-refractivity contribution in [1.29, 1.82) is 0 Å². The number of aromatic carboxylic acids is 1. The van der Waals surface area contributed by atoms with Gasteiger partial charge in [-0.2, -0.15) is 0 Å². The second-order valence-corrected chi connectivity index (χ2v) is 7.03. The van der Waals surface area contributed by atoms with Gasteiger partial charge in [0, 0.05) is 22.6 Å². The van der Waals surface area contributed by atoms with Crippen LogP contribution in [0.15, 0.2) is 65.1 Å². The summed E-state index contributed by atoms with van der Waals surface area (Å²) in [5.74, 6) is -0.446. The Bertz CT molecular complexity index is 1290. The lowest BCUT2D eigenvalue weighted by molar-refractivity contribution is 0.0697. The van der Waals surface area contributed by atoms with Crippen LogP contribution >= 0.6 is 0 Å². The molecule has 4 rings (SSSR count). The first kappa shape index (κ1) is 18.9. The summed E-state index contributed by atoms with van der Waals surface area (Å²) >= 11 is 0. The van der Waals surface area contributed by atoms with Crippen LogP contribution < -0.4 is 15.4 Å². The summed E-state index contributed by atoms with van der Waals surface area (Å²) in [4.78, 5) is 11.9. The van der Waals surface area contributed by atoms with Gasteiger partial charge >= 0.3 is 13.1 Å². The highest BCUT2D eigenvalue weighted by molar-refractivity contribution is 6.58. The lowest BCUT2D eigenvalue weighted by Crippen LogP contribution is -2.29. The van der Waals surface area contributed by atoms with Crippen molar-refractivity contribution in [2.24, 2.45) is 0 Å². The van der Waals surface area contributed by atoms with Gasteiger partial charge in [0.2, 0.25) is 5.36 Å². The molecule has 0 aromatic heterocycles. The molecule has 29 heavy (non-hydrogen) atoms. The number of carboxylic acid groups (broad SMARTS) is 1. The molecule has 2 aliphatic rings. The van der Waals surface area contributed by atoms with Crippen molar-refractivity contribution in [2.75, 3.05) is 14.1 Å². The zero-order chi connectivity index (χ0) is 20.7. The predicted molar refractivity (Wildman–Crippen MR) is 112 cm³/mol. The number of fused-ring (bicyclic) bond motifs is 2. The molecule has 0 atom stereocenters. The van der Waals surface area contributed by atoms with E-state index in [9.17, 15) is 19.9 Å². The Morgan fingerprint density at radius 1 is 0.966 bits per heavy atom. The lowest BCUT2D eigenvalue weighted by atomic mass is 9.79. The van der Waals surface area contributed by atoms with Crippen LogP contribution in [0.25, 0.3) is 33.4 Å². The Kier molecular flexibility index (Phi) is 4.70. The van der Waals surface area contributed by atoms with Gasteiger partial charge in [0.1, 0.15) is 25.4 Å². The Balaban J connectivity index is 2.19. The molecule has 2 aromatic rings. The summed E-state index contributed by atoms with van der Waals surface area (Å²) in [5.41, 5.74) is 2.98. The third-order valence-corrected chi connectivity index (χ3v) is 4.97. The predicted octanol–water partition coefficient (Wildman–Crippen LogP) is 1.61. The third kappa shape index (κ3) is 3.31. The fraction of sp³-hybridized carbons (Fsp3) is 0.0909. The molecule has 1 heterocycles. The minimum atomic E-state index is -1.63. The lowest BCUT2D eigenvalue weighted by Gasteiger charge is -2.17. The van der Waals surface area contributed by atoms with Crippen LogP contribution in [-0.4, -0.2) is 42.3 Å². The Labute approximate surface area is 167 Å². The summed E-state index contributed by atoms with van der Waals surface area (Å²) < 4.78 is 8.04. The first-order valence-corrected chi connectivity index (χ1v) is 9.06. The molecule has 0 unspecified atom stereocenters. The standard InChI is InChI=1S/C22H18BNO5/c1-24(2)14-8-10-18-20(12-14)29-19-11-13(23(27)28)7-9-17(19)21(18)15-5-3-4-6-16(15)22(25)26/h3-12,27-28H,1-2H3/p+1. The van der Waals surface area contributed by atoms with Crippen LogP contribution in [0.5, 0.6) is 0 Å². The SMILES string of the molecule is C[N+](C)=c1ccc2c(-c3ccccc3C(=O)O)c3ccc(B(O)O)cc3oc-2c1. The normalized spacial score (nSPS) is 11.0. The van der Waals surface area contributed by atoms with E-state index < -0.39 is 13.1 Å². The molecule has 0 saturated carbocycles. The zero-order valence-electron chi connectivity index (χ0n) is 16.0. The van der Waals surface area contributed by atoms with Crippen LogP contribution in [-0.2, 0) is 0 Å². The number of nitrogens with zero attached hydrogens (tertiary/aromatic N) is 1. The maximum atomic E-state index is 11.9. The molecule has 7 heteroatoms. The Morgan fingerprint density at radius 3 is 2.41 bits per heavy atom. The zero-order valence-corrected chi connectivity index (χ0v) is 16.0. The fourth-order valence-corrected chi connectivity index (χ4v) is 3.51. The van der Waals surface area contributed by atoms with Crippen molar-refractivity contribution in [2.45, 2.75) is 0 Å². The number of rotatable bonds is 3. The largest absolute Gasteiger partial charge is 0.488 e. The average molecular weight is 388 g/mol. The van der Waals surface area contributed by atoms with Gasteiger partial charge in [0.25, 0.3) is 0 Å². The molecule has 0 spiro atoms. The third-order valence-electron chi connectivity index (χ3n) is 4.97. The van der Waals surface area contributed by atoms with Gasteiger partial charge < -0.3 is 19.6 Å². The minimum Gasteiger partial charge on any atom is -0.478 e. The molecule has 1 aliphatic heterocycles. The van der Waals surface area contributed by atoms with Gasteiger partial charge in [0.15, 0.2) is 0 Å². The summed E-state index contributed by atoms with van der Waals surface area (Å²) in [5, 5.41) is 30.4. The quantitative estimate of drug-likeness (QED) is 0.282. The Hall–Kier alpha value is -3.42. The number of hydrogen-bond donors (Lipinski definition) is 3. The van der Waals surface area contributed by atoms with E-state index in [1.165, 1.54) is 0 Å². The van der Waals surface area contributed by atoms with Crippen molar-refractivity contribution in [3.8, 4) is 22.5 Å². The van der Waals surface area contributed by atoms with Gasteiger partial charge in [0.05, 0.1) is 11.6 Å². The number of hydrogen-bond acceptors (Lipinski definition) is 4. The van der Waals surface area contributed by atoms with Crippen molar-refractivity contribution >= 4 is 29.5 Å². The van der Waals surface area contributed by atoms with Crippen molar-refractivity contribution < 1.29 is 24.4 Å². The first-order valence-electron chi connectivity index (χ1n) is 9.06. The van der Waals surface area contributed by atoms with E-state index >= 15 is 0 Å². The van der Waals surface area contributed by atoms with E-state index in [2.05, 4.69) is 0 Å². The van der Waals surface area contributed by atoms with Gasteiger partial charge in [-0.1, -0.05) is 30.3 Å². The van der Waals surface area contributed by atoms with E-state index in [1.807, 2.05) is 36.9 Å². The van der Waals surface area contributed by atoms with Gasteiger partial charge in [-0.05, 0) is 29.2 Å². The van der Waals surface area contributed by atoms with E-state index in [0.29, 0.717) is 27.8 Å². The maximum Gasteiger partial charge on any atom is 0.488 e. The summed E-state index contributed by atoms with van der Waals surface area (Å²) in [6, 6.07) is 17.4. The van der Waals surface area contributed by atoms with E-state index in [1.54, 1.807) is 42.5 Å². The maximum absolute atomic E-state index is 11.9. The molecule has 6 nitrogen and oxygen atoms in total. The highest BCUT2D eigenvalue weighted by atomic mass is 16.4. The number of carboxylic acids is 1. The van der Waals surface area contributed by atoms with E-state index in [-0.39, 0.29) is 5.56 Å². The monoisotopic (exact) mass is 388 g/mol. The number of benzene rings is 3. The van der Waals surface area contributed by atoms with Gasteiger partial charge in [-0.15, -0.1) is 0 Å². The second kappa shape index (κ2) is 7.20. The molecular weight excluding hydrogens is 369 g/mol. The van der Waals surface area contributed by atoms with Crippen LogP contribution in [0.4, 0.5) is 0 Å². The van der Waals surface area contributed by atoms with E-state index in [0.717, 1.165) is 16.5 Å². The number of carbonyl (C=O) groups is 1. The Morgan fingerprint density at radius 2 is 1.72 bits per heavy atom. The topological polar surface area (TPSA) is 93.9 Å². The molecular formula is C22H19BNO5+. The van der Waals surface area contributed by atoms with Crippen LogP contribution in [0, 0.1) is 0 Å². The molecule has 0 radical (unpaired) electrons. The van der Waals surface area contributed by atoms with Gasteiger partial charge in [-0.3, -0.25) is 0 Å². The molecule has 0 fully saturated rings. The first-order chi connectivity index (χ1) is 13.9. The molecule has 0 bridgehead atoms. The van der Waals surface area contributed by atoms with E-state index in [4.69, 9.17) is 4.42 Å². The summed E-state index contributed by atoms with van der Waals surface area (Å²) in [6.45, 7) is 0. The van der Waals surface area contributed by atoms with Gasteiger partial charge in [-0.25, -0.2) is 9.37 Å². The molecule has 144 valence electrons.